The highest BCUT2D eigenvalue weighted by Crippen LogP contribution is 2.28. The molecule has 0 bridgehead atoms. The molecule has 106 valence electrons. The number of carbonyl (C=O) groups is 1. The lowest BCUT2D eigenvalue weighted by Crippen LogP contribution is -2.18. The molecule has 0 atom stereocenters. The third kappa shape index (κ3) is 3.40. The maximum Gasteiger partial charge on any atom is 0.161 e. The van der Waals surface area contributed by atoms with Crippen LogP contribution in [0.2, 0.25) is 0 Å². The molecule has 0 fully saturated rings. The van der Waals surface area contributed by atoms with Gasteiger partial charge in [-0.2, -0.15) is 5.26 Å². The molecule has 0 saturated heterocycles. The molecule has 2 aromatic rings. The van der Waals surface area contributed by atoms with Gasteiger partial charge in [0.15, 0.2) is 5.78 Å². The summed E-state index contributed by atoms with van der Waals surface area (Å²) >= 11 is 0. The Labute approximate surface area is 124 Å². The zero-order valence-electron chi connectivity index (χ0n) is 11.9. The maximum absolute atomic E-state index is 11.5. The number of nitriles is 1. The van der Waals surface area contributed by atoms with E-state index in [-0.39, 0.29) is 5.78 Å². The van der Waals surface area contributed by atoms with Crippen LogP contribution >= 0.6 is 0 Å². The van der Waals surface area contributed by atoms with E-state index in [0.717, 1.165) is 11.4 Å². The van der Waals surface area contributed by atoms with E-state index in [9.17, 15) is 4.79 Å². The second-order valence-corrected chi connectivity index (χ2v) is 4.72. The molecular formula is C17H17N3O. The van der Waals surface area contributed by atoms with Gasteiger partial charge in [-0.3, -0.25) is 4.79 Å². The molecule has 0 saturated carbocycles. The average Bonchev–Trinajstić information content (AvgIpc) is 2.48. The van der Waals surface area contributed by atoms with Crippen LogP contribution in [-0.4, -0.2) is 12.3 Å². The first-order chi connectivity index (χ1) is 10.1. The molecule has 21 heavy (non-hydrogen) atoms. The van der Waals surface area contributed by atoms with E-state index in [2.05, 4.69) is 6.07 Å². The Morgan fingerprint density at radius 2 is 1.90 bits per heavy atom. The molecule has 4 nitrogen and oxygen atoms in total. The minimum Gasteiger partial charge on any atom is -0.398 e. The topological polar surface area (TPSA) is 70.1 Å². The normalized spacial score (nSPS) is 9.90. The van der Waals surface area contributed by atoms with Gasteiger partial charge in [-0.05, 0) is 37.3 Å². The number of anilines is 3. The smallest absolute Gasteiger partial charge is 0.161 e. The van der Waals surface area contributed by atoms with E-state index in [1.807, 2.05) is 41.3 Å². The summed E-state index contributed by atoms with van der Waals surface area (Å²) < 4.78 is 0. The third-order valence-corrected chi connectivity index (χ3v) is 3.24. The van der Waals surface area contributed by atoms with Crippen molar-refractivity contribution in [2.45, 2.75) is 13.3 Å². The predicted molar refractivity (Wildman–Crippen MR) is 84.5 cm³/mol. The summed E-state index contributed by atoms with van der Waals surface area (Å²) in [5.41, 5.74) is 8.79. The molecule has 0 aromatic heterocycles. The van der Waals surface area contributed by atoms with Crippen LogP contribution in [0.3, 0.4) is 0 Å². The van der Waals surface area contributed by atoms with E-state index >= 15 is 0 Å². The lowest BCUT2D eigenvalue weighted by Gasteiger charge is -2.24. The highest BCUT2D eigenvalue weighted by Gasteiger charge is 2.12. The molecule has 0 aliphatic carbocycles. The molecule has 0 heterocycles. The molecule has 0 spiro atoms. The second kappa shape index (κ2) is 6.58. The van der Waals surface area contributed by atoms with E-state index in [1.165, 1.54) is 6.92 Å². The van der Waals surface area contributed by atoms with Crippen LogP contribution in [0.25, 0.3) is 0 Å². The summed E-state index contributed by atoms with van der Waals surface area (Å²) in [5.74, 6) is -0.0534. The van der Waals surface area contributed by atoms with Crippen LogP contribution in [0.4, 0.5) is 17.1 Å². The van der Waals surface area contributed by atoms with Crippen molar-refractivity contribution in [1.29, 1.82) is 5.26 Å². The highest BCUT2D eigenvalue weighted by atomic mass is 16.1. The number of nitrogens with zero attached hydrogens (tertiary/aromatic N) is 2. The summed E-state index contributed by atoms with van der Waals surface area (Å²) in [6, 6.07) is 17.3. The quantitative estimate of drug-likeness (QED) is 0.671. The second-order valence-electron chi connectivity index (χ2n) is 4.72. The van der Waals surface area contributed by atoms with Gasteiger partial charge in [0.2, 0.25) is 0 Å². The molecule has 2 aromatic carbocycles. The number of nitrogens with two attached hydrogens (primary N) is 1. The van der Waals surface area contributed by atoms with Crippen molar-refractivity contribution < 1.29 is 4.79 Å². The molecular weight excluding hydrogens is 262 g/mol. The van der Waals surface area contributed by atoms with Crippen LogP contribution in [0.1, 0.15) is 23.7 Å². The van der Waals surface area contributed by atoms with Crippen LogP contribution in [-0.2, 0) is 0 Å². The first-order valence-electron chi connectivity index (χ1n) is 6.73. The Morgan fingerprint density at radius 1 is 1.19 bits per heavy atom. The minimum atomic E-state index is -0.0534. The van der Waals surface area contributed by atoms with Gasteiger partial charge >= 0.3 is 0 Å². The summed E-state index contributed by atoms with van der Waals surface area (Å²) in [6.07, 6.45) is 0.406. The Balaban J connectivity index is 2.40. The Bertz CT molecular complexity index is 674. The van der Waals surface area contributed by atoms with Crippen LogP contribution in [0.5, 0.6) is 0 Å². The fourth-order valence-corrected chi connectivity index (χ4v) is 2.22. The van der Waals surface area contributed by atoms with Crippen molar-refractivity contribution in [3.05, 3.63) is 54.1 Å². The third-order valence-electron chi connectivity index (χ3n) is 3.24. The van der Waals surface area contributed by atoms with Gasteiger partial charge in [-0.1, -0.05) is 18.2 Å². The molecule has 0 aliphatic heterocycles. The number of Topliss-reactive ketones (excluding diaryl/α,β-unsaturated/α-hetero) is 1. The molecule has 0 unspecified atom stereocenters. The van der Waals surface area contributed by atoms with Crippen molar-refractivity contribution in [3.63, 3.8) is 0 Å². The van der Waals surface area contributed by atoms with E-state index in [1.54, 1.807) is 12.1 Å². The molecule has 0 aliphatic rings. The fraction of sp³-hybridized carbons (Fsp3) is 0.176. The van der Waals surface area contributed by atoms with Gasteiger partial charge in [0.05, 0.1) is 12.5 Å². The molecule has 2 rings (SSSR count). The van der Waals surface area contributed by atoms with Gasteiger partial charge in [0, 0.05) is 29.2 Å². The van der Waals surface area contributed by atoms with Crippen LogP contribution < -0.4 is 10.6 Å². The van der Waals surface area contributed by atoms with Gasteiger partial charge in [-0.15, -0.1) is 0 Å². The number of benzene rings is 2. The lowest BCUT2D eigenvalue weighted by molar-refractivity contribution is 0.101. The highest BCUT2D eigenvalue weighted by molar-refractivity contribution is 5.99. The first-order valence-corrected chi connectivity index (χ1v) is 6.73. The monoisotopic (exact) mass is 279 g/mol. The zero-order valence-corrected chi connectivity index (χ0v) is 11.9. The van der Waals surface area contributed by atoms with Crippen LogP contribution in [0, 0.1) is 11.3 Å². The minimum absolute atomic E-state index is 0.0534. The van der Waals surface area contributed by atoms with E-state index in [4.69, 9.17) is 11.0 Å². The van der Waals surface area contributed by atoms with Crippen LogP contribution in [0.15, 0.2) is 48.5 Å². The van der Waals surface area contributed by atoms with E-state index in [0.29, 0.717) is 24.2 Å². The first kappa shape index (κ1) is 14.6. The molecule has 0 radical (unpaired) electrons. The van der Waals surface area contributed by atoms with Crippen molar-refractivity contribution >= 4 is 22.8 Å². The number of hydrogen-bond donors (Lipinski definition) is 1. The number of ketones is 1. The van der Waals surface area contributed by atoms with Gasteiger partial charge in [-0.25, -0.2) is 0 Å². The number of rotatable bonds is 5. The maximum atomic E-state index is 11.5. The van der Waals surface area contributed by atoms with Gasteiger partial charge < -0.3 is 10.6 Å². The summed E-state index contributed by atoms with van der Waals surface area (Å²) in [5, 5.41) is 8.83. The van der Waals surface area contributed by atoms with E-state index < -0.39 is 0 Å². The molecule has 0 amide bonds. The van der Waals surface area contributed by atoms with Gasteiger partial charge in [0.25, 0.3) is 0 Å². The van der Waals surface area contributed by atoms with Crippen molar-refractivity contribution in [1.82, 2.24) is 0 Å². The standard InChI is InChI=1S/C17H17N3O/c1-13(21)16-9-8-15(12-17(16)19)20(11-5-10-18)14-6-3-2-4-7-14/h2-4,6-9,12H,5,11,19H2,1H3. The molecule has 2 N–H and O–H groups in total. The Kier molecular flexibility index (Phi) is 4.57. The fourth-order valence-electron chi connectivity index (χ4n) is 2.22. The molecule has 4 heteroatoms. The number of hydrogen-bond acceptors (Lipinski definition) is 4. The number of nitrogen functional groups attached to an aromatic ring is 1. The Morgan fingerprint density at radius 3 is 2.48 bits per heavy atom. The zero-order chi connectivity index (χ0) is 15.2. The summed E-state index contributed by atoms with van der Waals surface area (Å²) in [4.78, 5) is 13.5. The predicted octanol–water partition coefficient (Wildman–Crippen LogP) is 3.52. The largest absolute Gasteiger partial charge is 0.398 e. The Hall–Kier alpha value is -2.80. The summed E-state index contributed by atoms with van der Waals surface area (Å²) in [7, 11) is 0. The number of carbonyl (C=O) groups excluding carboxylic acids is 1. The van der Waals surface area contributed by atoms with Gasteiger partial charge in [0.1, 0.15) is 0 Å². The SMILES string of the molecule is CC(=O)c1ccc(N(CCC#N)c2ccccc2)cc1N. The summed E-state index contributed by atoms with van der Waals surface area (Å²) in [6.45, 7) is 2.06. The van der Waals surface area contributed by atoms with Crippen molar-refractivity contribution in [3.8, 4) is 6.07 Å². The number of para-hydroxylation sites is 1. The van der Waals surface area contributed by atoms with Crippen molar-refractivity contribution in [2.75, 3.05) is 17.2 Å². The average molecular weight is 279 g/mol. The van der Waals surface area contributed by atoms with Crippen molar-refractivity contribution in [2.24, 2.45) is 0 Å². The lowest BCUT2D eigenvalue weighted by atomic mass is 10.1.